The minimum atomic E-state index is -1.01. The predicted octanol–water partition coefficient (Wildman–Crippen LogP) is 2.59. The third kappa shape index (κ3) is 2.48. The van der Waals surface area contributed by atoms with Gasteiger partial charge in [-0.25, -0.2) is 9.59 Å². The fraction of sp³-hybridized carbons (Fsp3) is 0.500. The first kappa shape index (κ1) is 12.9. The highest BCUT2D eigenvalue weighted by Crippen LogP contribution is 2.33. The molecule has 0 saturated heterocycles. The molecule has 6 heteroatoms. The highest BCUT2D eigenvalue weighted by atomic mass is 32.1. The number of nitrogens with one attached hydrogen (secondary N) is 2. The Morgan fingerprint density at radius 1 is 1.39 bits per heavy atom. The number of carboxylic acids is 1. The summed E-state index contributed by atoms with van der Waals surface area (Å²) in [5.74, 6) is -0.492. The summed E-state index contributed by atoms with van der Waals surface area (Å²) < 4.78 is 0. The molecule has 1 aliphatic carbocycles. The molecular formula is C12H16N2O3S. The average molecular weight is 268 g/mol. The van der Waals surface area contributed by atoms with Crippen LogP contribution in [0.3, 0.4) is 0 Å². The molecule has 1 fully saturated rings. The van der Waals surface area contributed by atoms with Crippen LogP contribution in [0.25, 0.3) is 0 Å². The molecule has 2 rings (SSSR count). The quantitative estimate of drug-likeness (QED) is 0.788. The van der Waals surface area contributed by atoms with Crippen molar-refractivity contribution in [1.29, 1.82) is 0 Å². The summed E-state index contributed by atoms with van der Waals surface area (Å²) in [5.41, 5.74) is 0.902. The van der Waals surface area contributed by atoms with Crippen LogP contribution in [0.5, 0.6) is 0 Å². The van der Waals surface area contributed by atoms with Gasteiger partial charge in [0.15, 0.2) is 0 Å². The van der Waals surface area contributed by atoms with Gasteiger partial charge in [-0.1, -0.05) is 6.92 Å². The summed E-state index contributed by atoms with van der Waals surface area (Å²) in [7, 11) is 0. The summed E-state index contributed by atoms with van der Waals surface area (Å²) in [5, 5.41) is 15.0. The number of carbonyl (C=O) groups excluding carboxylic acids is 1. The first-order chi connectivity index (χ1) is 8.40. The Morgan fingerprint density at radius 3 is 2.50 bits per heavy atom. The van der Waals surface area contributed by atoms with Crippen molar-refractivity contribution >= 4 is 28.3 Å². The second kappa shape index (κ2) is 4.61. The standard InChI is InChI=1S/C12H16N2O3S/c1-5-4-8(5)13-12(17)14-10-9(11(15)16)6(2)7(3)18-10/h5,8H,4H2,1-3H3,(H,15,16)(H2,13,14,17). The van der Waals surface area contributed by atoms with E-state index in [4.69, 9.17) is 5.11 Å². The lowest BCUT2D eigenvalue weighted by Gasteiger charge is -2.06. The number of anilines is 1. The molecule has 5 nitrogen and oxygen atoms in total. The smallest absolute Gasteiger partial charge is 0.338 e. The van der Waals surface area contributed by atoms with Gasteiger partial charge in [-0.05, 0) is 31.7 Å². The first-order valence-electron chi connectivity index (χ1n) is 5.81. The Kier molecular flexibility index (Phi) is 3.30. The van der Waals surface area contributed by atoms with E-state index < -0.39 is 5.97 Å². The fourth-order valence-electron chi connectivity index (χ4n) is 1.80. The Balaban J connectivity index is 2.11. The number of hydrogen-bond donors (Lipinski definition) is 3. The molecule has 1 aromatic heterocycles. The Bertz CT molecular complexity index is 510. The van der Waals surface area contributed by atoms with Crippen LogP contribution < -0.4 is 10.6 Å². The highest BCUT2D eigenvalue weighted by molar-refractivity contribution is 7.16. The molecule has 1 aliphatic rings. The number of thiophene rings is 1. The summed E-state index contributed by atoms with van der Waals surface area (Å²) in [6.45, 7) is 5.66. The van der Waals surface area contributed by atoms with Crippen LogP contribution >= 0.6 is 11.3 Å². The van der Waals surface area contributed by atoms with Crippen molar-refractivity contribution in [2.24, 2.45) is 5.92 Å². The van der Waals surface area contributed by atoms with E-state index >= 15 is 0 Å². The van der Waals surface area contributed by atoms with E-state index in [1.165, 1.54) is 11.3 Å². The maximum Gasteiger partial charge on any atom is 0.338 e. The minimum Gasteiger partial charge on any atom is -0.478 e. The van der Waals surface area contributed by atoms with Gasteiger partial charge in [0.2, 0.25) is 0 Å². The van der Waals surface area contributed by atoms with Crippen LogP contribution in [0.15, 0.2) is 0 Å². The molecule has 0 bridgehead atoms. The van der Waals surface area contributed by atoms with E-state index in [1.54, 1.807) is 6.92 Å². The zero-order valence-corrected chi connectivity index (χ0v) is 11.4. The van der Waals surface area contributed by atoms with Crippen LogP contribution in [0, 0.1) is 19.8 Å². The van der Waals surface area contributed by atoms with Gasteiger partial charge in [0, 0.05) is 10.9 Å². The van der Waals surface area contributed by atoms with Crippen molar-refractivity contribution in [2.75, 3.05) is 5.32 Å². The molecule has 3 N–H and O–H groups in total. The Hall–Kier alpha value is -1.56. The molecule has 1 aromatic rings. The number of carbonyl (C=O) groups is 2. The van der Waals surface area contributed by atoms with E-state index in [0.29, 0.717) is 16.5 Å². The molecule has 1 heterocycles. The maximum absolute atomic E-state index is 11.7. The number of rotatable bonds is 3. The molecule has 0 aromatic carbocycles. The third-order valence-corrected chi connectivity index (χ3v) is 4.37. The monoisotopic (exact) mass is 268 g/mol. The van der Waals surface area contributed by atoms with Crippen molar-refractivity contribution in [3.05, 3.63) is 16.0 Å². The van der Waals surface area contributed by atoms with Gasteiger partial charge in [-0.3, -0.25) is 5.32 Å². The summed E-state index contributed by atoms with van der Waals surface area (Å²) in [6.07, 6.45) is 0.988. The third-order valence-electron chi connectivity index (χ3n) is 3.25. The number of aryl methyl sites for hydroxylation is 1. The number of aromatic carboxylic acids is 1. The topological polar surface area (TPSA) is 78.4 Å². The van der Waals surface area contributed by atoms with Crippen molar-refractivity contribution in [3.8, 4) is 0 Å². The van der Waals surface area contributed by atoms with Gasteiger partial charge in [-0.2, -0.15) is 0 Å². The van der Waals surface area contributed by atoms with E-state index in [9.17, 15) is 9.59 Å². The van der Waals surface area contributed by atoms with Gasteiger partial charge < -0.3 is 10.4 Å². The number of hydrogen-bond acceptors (Lipinski definition) is 3. The molecule has 0 aliphatic heterocycles. The lowest BCUT2D eigenvalue weighted by atomic mass is 10.1. The van der Waals surface area contributed by atoms with Crippen molar-refractivity contribution < 1.29 is 14.7 Å². The fourth-order valence-corrected chi connectivity index (χ4v) is 2.85. The van der Waals surface area contributed by atoms with Crippen LogP contribution in [0.1, 0.15) is 34.1 Å². The van der Waals surface area contributed by atoms with E-state index in [2.05, 4.69) is 17.6 Å². The zero-order chi connectivity index (χ0) is 13.4. The normalized spacial score (nSPS) is 21.5. The van der Waals surface area contributed by atoms with Crippen molar-refractivity contribution in [3.63, 3.8) is 0 Å². The molecule has 98 valence electrons. The minimum absolute atomic E-state index is 0.191. The van der Waals surface area contributed by atoms with Gasteiger partial charge in [-0.15, -0.1) is 11.3 Å². The van der Waals surface area contributed by atoms with Crippen LogP contribution in [0.2, 0.25) is 0 Å². The molecule has 18 heavy (non-hydrogen) atoms. The largest absolute Gasteiger partial charge is 0.478 e. The predicted molar refractivity (Wildman–Crippen MR) is 70.5 cm³/mol. The number of carboxylic acid groups (broad SMARTS) is 1. The Morgan fingerprint density at radius 2 is 2.00 bits per heavy atom. The van der Waals surface area contributed by atoms with E-state index in [1.807, 2.05) is 6.92 Å². The summed E-state index contributed by atoms with van der Waals surface area (Å²) in [6, 6.07) is -0.103. The van der Waals surface area contributed by atoms with Crippen LogP contribution in [-0.2, 0) is 0 Å². The number of amides is 2. The Labute approximate surface area is 109 Å². The highest BCUT2D eigenvalue weighted by Gasteiger charge is 2.34. The molecule has 2 unspecified atom stereocenters. The second-order valence-corrected chi connectivity index (χ2v) is 5.94. The molecule has 2 amide bonds. The summed E-state index contributed by atoms with van der Waals surface area (Å²) in [4.78, 5) is 23.8. The lowest BCUT2D eigenvalue weighted by molar-refractivity contribution is 0.0697. The van der Waals surface area contributed by atoms with Crippen molar-refractivity contribution in [2.45, 2.75) is 33.2 Å². The maximum atomic E-state index is 11.7. The van der Waals surface area contributed by atoms with Gasteiger partial charge in [0.25, 0.3) is 0 Å². The van der Waals surface area contributed by atoms with Gasteiger partial charge in [0.05, 0.1) is 5.56 Å². The molecule has 0 radical (unpaired) electrons. The second-order valence-electron chi connectivity index (χ2n) is 4.71. The molecule has 1 saturated carbocycles. The van der Waals surface area contributed by atoms with E-state index in [0.717, 1.165) is 11.3 Å². The number of urea groups is 1. The molecular weight excluding hydrogens is 252 g/mol. The van der Waals surface area contributed by atoms with Crippen molar-refractivity contribution in [1.82, 2.24) is 5.32 Å². The zero-order valence-electron chi connectivity index (χ0n) is 10.5. The van der Waals surface area contributed by atoms with Crippen LogP contribution in [-0.4, -0.2) is 23.1 Å². The first-order valence-corrected chi connectivity index (χ1v) is 6.62. The van der Waals surface area contributed by atoms with E-state index in [-0.39, 0.29) is 17.6 Å². The lowest BCUT2D eigenvalue weighted by Crippen LogP contribution is -2.31. The average Bonchev–Trinajstić information content (AvgIpc) is 2.84. The van der Waals surface area contributed by atoms with Gasteiger partial charge >= 0.3 is 12.0 Å². The van der Waals surface area contributed by atoms with Gasteiger partial charge in [0.1, 0.15) is 5.00 Å². The SMILES string of the molecule is Cc1sc(NC(=O)NC2CC2C)c(C(=O)O)c1C. The van der Waals surface area contributed by atoms with Crippen LogP contribution in [0.4, 0.5) is 9.80 Å². The molecule has 0 spiro atoms. The molecule has 2 atom stereocenters. The summed E-state index contributed by atoms with van der Waals surface area (Å²) >= 11 is 1.29.